The molecule has 0 heterocycles. The number of esters is 1. The van der Waals surface area contributed by atoms with Crippen molar-refractivity contribution in [2.75, 3.05) is 11.9 Å². The highest BCUT2D eigenvalue weighted by atomic mass is 35.5. The number of hydrogen-bond donors (Lipinski definition) is 2. The Morgan fingerprint density at radius 3 is 2.09 bits per heavy atom. The quantitative estimate of drug-likeness (QED) is 0.649. The van der Waals surface area contributed by atoms with E-state index in [9.17, 15) is 14.4 Å². The second kappa shape index (κ2) is 7.42. The van der Waals surface area contributed by atoms with E-state index in [1.54, 1.807) is 24.3 Å². The molecule has 0 saturated carbocycles. The first-order valence-corrected chi connectivity index (χ1v) is 6.96. The average molecular weight is 333 g/mol. The zero-order valence-corrected chi connectivity index (χ0v) is 12.7. The van der Waals surface area contributed by atoms with Gasteiger partial charge in [0, 0.05) is 16.3 Å². The maximum atomic E-state index is 11.9. The van der Waals surface area contributed by atoms with Crippen molar-refractivity contribution in [2.45, 2.75) is 0 Å². The van der Waals surface area contributed by atoms with E-state index >= 15 is 0 Å². The molecule has 0 unspecified atom stereocenters. The molecule has 0 fully saturated rings. The predicted molar refractivity (Wildman–Crippen MR) is 85.7 cm³/mol. The van der Waals surface area contributed by atoms with Crippen LogP contribution in [-0.2, 0) is 4.74 Å². The fourth-order valence-electron chi connectivity index (χ4n) is 1.77. The van der Waals surface area contributed by atoms with Gasteiger partial charge in [0.05, 0.1) is 5.56 Å². The van der Waals surface area contributed by atoms with Crippen molar-refractivity contribution in [3.63, 3.8) is 0 Å². The maximum absolute atomic E-state index is 11.9. The van der Waals surface area contributed by atoms with Gasteiger partial charge in [-0.1, -0.05) is 11.6 Å². The van der Waals surface area contributed by atoms with E-state index in [0.717, 1.165) is 0 Å². The molecular weight excluding hydrogens is 320 g/mol. The molecule has 0 aliphatic carbocycles. The highest BCUT2D eigenvalue weighted by molar-refractivity contribution is 6.30. The number of rotatable bonds is 5. The number of anilines is 1. The maximum Gasteiger partial charge on any atom is 0.338 e. The SMILES string of the molecule is NC(=O)Nc1ccc(C(=O)OCC(=O)c2ccc(Cl)cc2)cc1. The molecule has 0 saturated heterocycles. The summed E-state index contributed by atoms with van der Waals surface area (Å²) in [6.45, 7) is -0.373. The second-order valence-corrected chi connectivity index (χ2v) is 5.01. The van der Waals surface area contributed by atoms with Crippen molar-refractivity contribution < 1.29 is 19.1 Å². The van der Waals surface area contributed by atoms with Crippen molar-refractivity contribution in [3.8, 4) is 0 Å². The van der Waals surface area contributed by atoms with Crippen LogP contribution in [0.3, 0.4) is 0 Å². The third kappa shape index (κ3) is 4.82. The van der Waals surface area contributed by atoms with Crippen molar-refractivity contribution in [1.82, 2.24) is 0 Å². The number of ketones is 1. The monoisotopic (exact) mass is 332 g/mol. The number of nitrogens with two attached hydrogens (primary N) is 1. The Balaban J connectivity index is 1.92. The summed E-state index contributed by atoms with van der Waals surface area (Å²) in [7, 11) is 0. The molecule has 0 aliphatic rings. The molecule has 0 bridgehead atoms. The number of benzene rings is 2. The van der Waals surface area contributed by atoms with Gasteiger partial charge in [-0.05, 0) is 48.5 Å². The van der Waals surface area contributed by atoms with Crippen LogP contribution >= 0.6 is 11.6 Å². The first-order valence-electron chi connectivity index (χ1n) is 6.58. The lowest BCUT2D eigenvalue weighted by Crippen LogP contribution is -2.19. The number of amides is 2. The molecule has 7 heteroatoms. The largest absolute Gasteiger partial charge is 0.454 e. The van der Waals surface area contributed by atoms with Crippen LogP contribution in [0.25, 0.3) is 0 Å². The molecule has 2 amide bonds. The van der Waals surface area contributed by atoms with Gasteiger partial charge in [-0.15, -0.1) is 0 Å². The molecular formula is C16H13ClN2O4. The number of carbonyl (C=O) groups is 3. The van der Waals surface area contributed by atoms with Gasteiger partial charge in [-0.25, -0.2) is 9.59 Å². The fraction of sp³-hybridized carbons (Fsp3) is 0.0625. The van der Waals surface area contributed by atoms with E-state index < -0.39 is 12.0 Å². The van der Waals surface area contributed by atoms with Gasteiger partial charge in [-0.3, -0.25) is 4.79 Å². The minimum atomic E-state index is -0.700. The lowest BCUT2D eigenvalue weighted by atomic mass is 10.1. The highest BCUT2D eigenvalue weighted by Crippen LogP contribution is 2.12. The van der Waals surface area contributed by atoms with Crippen LogP contribution in [0.2, 0.25) is 5.02 Å². The first kappa shape index (κ1) is 16.5. The number of carbonyl (C=O) groups excluding carboxylic acids is 3. The smallest absolute Gasteiger partial charge is 0.338 e. The standard InChI is InChI=1S/C16H13ClN2O4/c17-12-5-1-10(2-6-12)14(20)9-23-15(21)11-3-7-13(8-4-11)19-16(18)22/h1-8H,9H2,(H3,18,19,22). The van der Waals surface area contributed by atoms with Crippen molar-refractivity contribution >= 4 is 35.1 Å². The number of halogens is 1. The summed E-state index contributed by atoms with van der Waals surface area (Å²) in [5.41, 5.74) is 6.09. The minimum absolute atomic E-state index is 0.254. The van der Waals surface area contributed by atoms with E-state index in [1.807, 2.05) is 0 Å². The summed E-state index contributed by atoms with van der Waals surface area (Å²) >= 11 is 5.74. The molecule has 118 valence electrons. The van der Waals surface area contributed by atoms with E-state index in [4.69, 9.17) is 22.1 Å². The van der Waals surface area contributed by atoms with Gasteiger partial charge in [0.15, 0.2) is 12.4 Å². The van der Waals surface area contributed by atoms with Crippen molar-refractivity contribution in [3.05, 3.63) is 64.7 Å². The Labute approximate surface area is 137 Å². The molecule has 6 nitrogen and oxygen atoms in total. The van der Waals surface area contributed by atoms with E-state index in [1.165, 1.54) is 24.3 Å². The zero-order chi connectivity index (χ0) is 16.8. The molecule has 0 atom stereocenters. The summed E-state index contributed by atoms with van der Waals surface area (Å²) in [5.74, 6) is -0.972. The van der Waals surface area contributed by atoms with Crippen LogP contribution in [0, 0.1) is 0 Å². The molecule has 23 heavy (non-hydrogen) atoms. The Kier molecular flexibility index (Phi) is 5.32. The molecule has 0 spiro atoms. The molecule has 2 aromatic carbocycles. The van der Waals surface area contributed by atoms with Gasteiger partial charge in [0.25, 0.3) is 0 Å². The number of urea groups is 1. The van der Waals surface area contributed by atoms with Crippen LogP contribution in [0.4, 0.5) is 10.5 Å². The Morgan fingerprint density at radius 2 is 1.52 bits per heavy atom. The number of primary amides is 1. The summed E-state index contributed by atoms with van der Waals surface area (Å²) in [5, 5.41) is 2.89. The molecule has 3 N–H and O–H groups in total. The molecule has 0 aliphatic heterocycles. The third-order valence-corrected chi connectivity index (χ3v) is 3.14. The van der Waals surface area contributed by atoms with E-state index in [-0.39, 0.29) is 18.0 Å². The summed E-state index contributed by atoms with van der Waals surface area (Å²) in [6.07, 6.45) is 0. The molecule has 0 radical (unpaired) electrons. The lowest BCUT2D eigenvalue weighted by Gasteiger charge is -2.06. The third-order valence-electron chi connectivity index (χ3n) is 2.89. The topological polar surface area (TPSA) is 98.5 Å². The number of nitrogens with one attached hydrogen (secondary N) is 1. The van der Waals surface area contributed by atoms with Crippen LogP contribution < -0.4 is 11.1 Å². The highest BCUT2D eigenvalue weighted by Gasteiger charge is 2.12. The number of ether oxygens (including phenoxy) is 1. The van der Waals surface area contributed by atoms with Crippen molar-refractivity contribution in [2.24, 2.45) is 5.73 Å². The molecule has 2 rings (SSSR count). The van der Waals surface area contributed by atoms with Gasteiger partial charge >= 0.3 is 12.0 Å². The van der Waals surface area contributed by atoms with Gasteiger partial charge in [-0.2, -0.15) is 0 Å². The Bertz CT molecular complexity index is 727. The number of hydrogen-bond acceptors (Lipinski definition) is 4. The molecule has 2 aromatic rings. The zero-order valence-electron chi connectivity index (χ0n) is 11.9. The summed E-state index contributed by atoms with van der Waals surface area (Å²) in [6, 6.07) is 11.5. The second-order valence-electron chi connectivity index (χ2n) is 4.57. The van der Waals surface area contributed by atoms with Gasteiger partial charge < -0.3 is 15.8 Å². The Morgan fingerprint density at radius 1 is 0.957 bits per heavy atom. The first-order chi connectivity index (χ1) is 11.0. The van der Waals surface area contributed by atoms with Crippen LogP contribution in [0.5, 0.6) is 0 Å². The Hall–Kier alpha value is -2.86. The average Bonchev–Trinajstić information content (AvgIpc) is 2.53. The minimum Gasteiger partial charge on any atom is -0.454 e. The van der Waals surface area contributed by atoms with Crippen LogP contribution in [-0.4, -0.2) is 24.4 Å². The van der Waals surface area contributed by atoms with Crippen LogP contribution in [0.1, 0.15) is 20.7 Å². The molecule has 0 aromatic heterocycles. The fourth-order valence-corrected chi connectivity index (χ4v) is 1.89. The van der Waals surface area contributed by atoms with Gasteiger partial charge in [0.1, 0.15) is 0 Å². The van der Waals surface area contributed by atoms with Crippen LogP contribution in [0.15, 0.2) is 48.5 Å². The summed E-state index contributed by atoms with van der Waals surface area (Å²) < 4.78 is 4.96. The predicted octanol–water partition coefficient (Wildman–Crippen LogP) is 2.87. The van der Waals surface area contributed by atoms with E-state index in [2.05, 4.69) is 5.32 Å². The van der Waals surface area contributed by atoms with E-state index in [0.29, 0.717) is 16.3 Å². The normalized spacial score (nSPS) is 9.96. The lowest BCUT2D eigenvalue weighted by molar-refractivity contribution is 0.0475. The summed E-state index contributed by atoms with van der Waals surface area (Å²) in [4.78, 5) is 34.4. The van der Waals surface area contributed by atoms with Gasteiger partial charge in [0.2, 0.25) is 0 Å². The van der Waals surface area contributed by atoms with Crippen molar-refractivity contribution in [1.29, 1.82) is 0 Å². The number of Topliss-reactive ketones (excluding diaryl/α,β-unsaturated/α-hetero) is 1.